The summed E-state index contributed by atoms with van der Waals surface area (Å²) >= 11 is 6.07. The van der Waals surface area contributed by atoms with Crippen molar-refractivity contribution in [2.45, 2.75) is 57.9 Å². The largest absolute Gasteiger partial charge is 0.343 e. The fourth-order valence-corrected chi connectivity index (χ4v) is 5.67. The second-order valence-electron chi connectivity index (χ2n) is 10.4. The van der Waals surface area contributed by atoms with E-state index in [0.717, 1.165) is 50.8 Å². The third kappa shape index (κ3) is 8.39. The zero-order valence-corrected chi connectivity index (χ0v) is 23.2. The Morgan fingerprint density at radius 3 is 2.11 bits per heavy atom. The highest BCUT2D eigenvalue weighted by molar-refractivity contribution is 7.80. The number of thiocarbonyl (C=S) groups is 1. The molecular weight excluding hydrogens is 472 g/mol. The zero-order valence-electron chi connectivity index (χ0n) is 22.4. The highest BCUT2D eigenvalue weighted by Crippen LogP contribution is 2.24. The molecule has 0 aromatic heterocycles. The molecule has 1 fully saturated rings. The number of hydrogen-bond acceptors (Lipinski definition) is 3. The van der Waals surface area contributed by atoms with E-state index in [9.17, 15) is 0 Å². The van der Waals surface area contributed by atoms with Crippen LogP contribution in [0.4, 0.5) is 0 Å². The maximum atomic E-state index is 6.07. The smallest absolute Gasteiger partial charge is 0.172 e. The van der Waals surface area contributed by atoms with Crippen LogP contribution in [0.1, 0.15) is 42.9 Å². The molecule has 0 bridgehead atoms. The van der Waals surface area contributed by atoms with Crippen LogP contribution in [0.25, 0.3) is 0 Å². The summed E-state index contributed by atoms with van der Waals surface area (Å²) in [7, 11) is 2.23. The first-order chi connectivity index (χ1) is 18.1. The average Bonchev–Trinajstić information content (AvgIpc) is 3.20. The fraction of sp³-hybridized carbons (Fsp3) is 0.406. The first-order valence-electron chi connectivity index (χ1n) is 13.7. The molecule has 3 aromatic carbocycles. The van der Waals surface area contributed by atoms with E-state index in [4.69, 9.17) is 12.2 Å². The van der Waals surface area contributed by atoms with Gasteiger partial charge in [-0.1, -0.05) is 97.4 Å². The molecule has 0 spiro atoms. The van der Waals surface area contributed by atoms with Gasteiger partial charge in [0.25, 0.3) is 0 Å². The Balaban J connectivity index is 1.32. The van der Waals surface area contributed by atoms with Crippen LogP contribution in [0.2, 0.25) is 0 Å². The lowest BCUT2D eigenvalue weighted by Crippen LogP contribution is -2.44. The van der Waals surface area contributed by atoms with Crippen molar-refractivity contribution in [2.75, 3.05) is 26.7 Å². The molecule has 0 amide bonds. The van der Waals surface area contributed by atoms with Crippen LogP contribution in [0.5, 0.6) is 0 Å². The molecular formula is C32H42N4S. The number of benzene rings is 3. The van der Waals surface area contributed by atoms with Crippen LogP contribution in [-0.4, -0.2) is 58.6 Å². The number of nitrogens with one attached hydrogen (secondary N) is 1. The van der Waals surface area contributed by atoms with Gasteiger partial charge < -0.3 is 20.0 Å². The molecule has 4 rings (SSSR count). The van der Waals surface area contributed by atoms with Gasteiger partial charge in [-0.2, -0.15) is 0 Å². The highest BCUT2D eigenvalue weighted by Gasteiger charge is 2.35. The van der Waals surface area contributed by atoms with E-state index in [1.54, 1.807) is 0 Å². The molecule has 1 aliphatic heterocycles. The third-order valence-corrected chi connectivity index (χ3v) is 7.76. The minimum absolute atomic E-state index is 0.402. The Morgan fingerprint density at radius 2 is 1.46 bits per heavy atom. The van der Waals surface area contributed by atoms with Gasteiger partial charge in [0.15, 0.2) is 5.11 Å². The van der Waals surface area contributed by atoms with Gasteiger partial charge in [-0.3, -0.25) is 0 Å². The predicted octanol–water partition coefficient (Wildman–Crippen LogP) is 5.94. The zero-order chi connectivity index (χ0) is 25.9. The van der Waals surface area contributed by atoms with Crippen LogP contribution in [0, 0.1) is 0 Å². The van der Waals surface area contributed by atoms with Gasteiger partial charge >= 0.3 is 0 Å². The summed E-state index contributed by atoms with van der Waals surface area (Å²) in [6.45, 7) is 8.14. The second kappa shape index (κ2) is 14.3. The lowest BCUT2D eigenvalue weighted by Gasteiger charge is -2.31. The lowest BCUT2D eigenvalue weighted by molar-refractivity contribution is 0.276. The first-order valence-corrected chi connectivity index (χ1v) is 14.1. The van der Waals surface area contributed by atoms with E-state index < -0.39 is 0 Å². The van der Waals surface area contributed by atoms with Crippen LogP contribution in [0.15, 0.2) is 91.0 Å². The predicted molar refractivity (Wildman–Crippen MR) is 159 cm³/mol. The molecule has 1 aliphatic rings. The normalized spacial score (nSPS) is 16.5. The fourth-order valence-electron chi connectivity index (χ4n) is 5.21. The van der Waals surface area contributed by atoms with Crippen molar-refractivity contribution < 1.29 is 0 Å². The number of unbranched alkanes of at least 4 members (excludes halogenated alkanes) is 1. The molecule has 4 nitrogen and oxygen atoms in total. The van der Waals surface area contributed by atoms with Crippen molar-refractivity contribution in [1.29, 1.82) is 0 Å². The maximum Gasteiger partial charge on any atom is 0.172 e. The monoisotopic (exact) mass is 514 g/mol. The molecule has 37 heavy (non-hydrogen) atoms. The van der Waals surface area contributed by atoms with Crippen LogP contribution < -0.4 is 5.32 Å². The van der Waals surface area contributed by atoms with Gasteiger partial charge in [0.2, 0.25) is 0 Å². The molecule has 0 saturated carbocycles. The number of hydrogen-bond donors (Lipinski definition) is 1. The Morgan fingerprint density at radius 1 is 0.865 bits per heavy atom. The van der Waals surface area contributed by atoms with Gasteiger partial charge in [0.1, 0.15) is 0 Å². The quantitative estimate of drug-likeness (QED) is 0.212. The SMILES string of the molecule is CC1CN(C(CCCCN(C)Cc2ccccc2)CNCc2ccccc2)C(=S)N1Cc1ccccc1. The summed E-state index contributed by atoms with van der Waals surface area (Å²) in [5.74, 6) is 0. The summed E-state index contributed by atoms with van der Waals surface area (Å²) in [5, 5.41) is 4.73. The molecule has 196 valence electrons. The molecule has 0 radical (unpaired) electrons. The maximum absolute atomic E-state index is 6.07. The third-order valence-electron chi connectivity index (χ3n) is 7.30. The first kappa shape index (κ1) is 27.3. The van der Waals surface area contributed by atoms with Crippen molar-refractivity contribution in [1.82, 2.24) is 20.0 Å². The van der Waals surface area contributed by atoms with Crippen LogP contribution in [-0.2, 0) is 19.6 Å². The van der Waals surface area contributed by atoms with Crippen molar-refractivity contribution in [3.8, 4) is 0 Å². The second-order valence-corrected chi connectivity index (χ2v) is 10.8. The topological polar surface area (TPSA) is 21.8 Å². The molecule has 3 aromatic rings. The van der Waals surface area contributed by atoms with Crippen LogP contribution >= 0.6 is 12.2 Å². The van der Waals surface area contributed by atoms with E-state index in [0.29, 0.717) is 12.1 Å². The summed E-state index contributed by atoms with van der Waals surface area (Å²) < 4.78 is 0. The molecule has 5 heteroatoms. The Hall–Kier alpha value is -2.73. The molecule has 1 heterocycles. The van der Waals surface area contributed by atoms with E-state index in [1.165, 1.54) is 29.5 Å². The van der Waals surface area contributed by atoms with Gasteiger partial charge in [-0.15, -0.1) is 0 Å². The summed E-state index contributed by atoms with van der Waals surface area (Å²) in [6.07, 6.45) is 3.54. The Labute approximate surface area is 229 Å². The van der Waals surface area contributed by atoms with Crippen molar-refractivity contribution in [2.24, 2.45) is 0 Å². The van der Waals surface area contributed by atoms with E-state index in [2.05, 4.69) is 125 Å². The van der Waals surface area contributed by atoms with Crippen molar-refractivity contribution in [3.05, 3.63) is 108 Å². The number of nitrogens with zero attached hydrogens (tertiary/aromatic N) is 3. The molecule has 1 saturated heterocycles. The Bertz CT molecular complexity index is 1060. The summed E-state index contributed by atoms with van der Waals surface area (Å²) in [6, 6.07) is 32.9. The van der Waals surface area contributed by atoms with Gasteiger partial charge in [-0.05, 0) is 62.3 Å². The highest BCUT2D eigenvalue weighted by atomic mass is 32.1. The van der Waals surface area contributed by atoms with Gasteiger partial charge in [0, 0.05) is 44.8 Å². The molecule has 1 N–H and O–H groups in total. The lowest BCUT2D eigenvalue weighted by atomic mass is 10.1. The minimum Gasteiger partial charge on any atom is -0.343 e. The standard InChI is InChI=1S/C32H42N4S/c1-27-24-36(32(37)35(27)26-30-18-10-5-11-19-30)31(23-33-22-28-14-6-3-7-15-28)20-12-13-21-34(2)25-29-16-8-4-9-17-29/h3-11,14-19,27,31,33H,12-13,20-26H2,1-2H3. The summed E-state index contributed by atoms with van der Waals surface area (Å²) in [4.78, 5) is 7.33. The van der Waals surface area contributed by atoms with Crippen LogP contribution in [0.3, 0.4) is 0 Å². The van der Waals surface area contributed by atoms with Gasteiger partial charge in [-0.25, -0.2) is 0 Å². The minimum atomic E-state index is 0.402. The van der Waals surface area contributed by atoms with Crippen molar-refractivity contribution >= 4 is 17.3 Å². The molecule has 2 unspecified atom stereocenters. The van der Waals surface area contributed by atoms with E-state index in [-0.39, 0.29) is 0 Å². The Kier molecular flexibility index (Phi) is 10.5. The average molecular weight is 515 g/mol. The number of rotatable bonds is 14. The molecule has 0 aliphatic carbocycles. The van der Waals surface area contributed by atoms with E-state index in [1.807, 2.05) is 0 Å². The summed E-state index contributed by atoms with van der Waals surface area (Å²) in [5.41, 5.74) is 4.02. The van der Waals surface area contributed by atoms with E-state index >= 15 is 0 Å². The van der Waals surface area contributed by atoms with Gasteiger partial charge in [0.05, 0.1) is 0 Å². The molecule has 2 atom stereocenters. The van der Waals surface area contributed by atoms with Crippen molar-refractivity contribution in [3.63, 3.8) is 0 Å².